The number of nitro benzene ring substituents is 1. The van der Waals surface area contributed by atoms with Gasteiger partial charge in [0, 0.05) is 41.6 Å². The summed E-state index contributed by atoms with van der Waals surface area (Å²) in [6.07, 6.45) is 3.63. The van der Waals surface area contributed by atoms with Crippen molar-refractivity contribution in [2.24, 2.45) is 0 Å². The molecule has 0 saturated carbocycles. The zero-order valence-electron chi connectivity index (χ0n) is 17.2. The van der Waals surface area contributed by atoms with Gasteiger partial charge < -0.3 is 14.8 Å². The van der Waals surface area contributed by atoms with Crippen molar-refractivity contribution in [1.29, 1.82) is 0 Å². The molecule has 1 aliphatic rings. The maximum Gasteiger partial charge on any atom is 0.269 e. The molecule has 0 aliphatic carbocycles. The van der Waals surface area contributed by atoms with Crippen molar-refractivity contribution in [2.75, 3.05) is 4.90 Å². The fraction of sp³-hybridized carbons (Fsp3) is 0.0833. The normalized spacial score (nSPS) is 17.7. The number of nitro groups is 1. The number of rotatable bonds is 5. The minimum atomic E-state index is -0.424. The summed E-state index contributed by atoms with van der Waals surface area (Å²) >= 11 is 5.70. The van der Waals surface area contributed by atoms with E-state index in [0.717, 1.165) is 22.8 Å². The molecule has 1 N–H and O–H groups in total. The molecule has 0 bridgehead atoms. The lowest BCUT2D eigenvalue weighted by atomic mass is 10.0. The van der Waals surface area contributed by atoms with Crippen molar-refractivity contribution in [3.8, 4) is 5.69 Å². The third-order valence-electron chi connectivity index (χ3n) is 5.62. The van der Waals surface area contributed by atoms with E-state index in [2.05, 4.69) is 10.3 Å². The Hall–Kier alpha value is -4.11. The molecule has 4 aromatic rings. The van der Waals surface area contributed by atoms with E-state index in [1.807, 2.05) is 46.0 Å². The number of hydrogen-bond donors (Lipinski definition) is 1. The Morgan fingerprint density at radius 1 is 0.970 bits per heavy atom. The summed E-state index contributed by atoms with van der Waals surface area (Å²) < 4.78 is 15.6. The molecule has 0 amide bonds. The van der Waals surface area contributed by atoms with Crippen molar-refractivity contribution >= 4 is 28.7 Å². The van der Waals surface area contributed by atoms with Gasteiger partial charge in [0.1, 0.15) is 11.9 Å². The molecule has 0 unspecified atom stereocenters. The van der Waals surface area contributed by atoms with E-state index in [1.54, 1.807) is 30.5 Å². The van der Waals surface area contributed by atoms with Crippen LogP contribution in [0.3, 0.4) is 0 Å². The fourth-order valence-corrected chi connectivity index (χ4v) is 4.49. The lowest BCUT2D eigenvalue weighted by molar-refractivity contribution is -0.384. The lowest BCUT2D eigenvalue weighted by Crippen LogP contribution is -2.30. The van der Waals surface area contributed by atoms with Crippen LogP contribution in [0.5, 0.6) is 0 Å². The minimum absolute atomic E-state index is 0.0236. The summed E-state index contributed by atoms with van der Waals surface area (Å²) in [5.74, 6) is -0.330. The molecule has 0 spiro atoms. The number of hydrogen-bond acceptors (Lipinski definition) is 4. The first-order valence-corrected chi connectivity index (χ1v) is 10.6. The van der Waals surface area contributed by atoms with Crippen LogP contribution in [0.1, 0.15) is 23.5 Å². The number of halogens is 1. The Kier molecular flexibility index (Phi) is 5.31. The largest absolute Gasteiger partial charge is 0.351 e. The molecule has 3 heterocycles. The Morgan fingerprint density at radius 2 is 1.70 bits per heavy atom. The molecule has 33 heavy (non-hydrogen) atoms. The second-order valence-electron chi connectivity index (χ2n) is 7.55. The van der Waals surface area contributed by atoms with E-state index in [4.69, 9.17) is 12.2 Å². The summed E-state index contributed by atoms with van der Waals surface area (Å²) in [4.78, 5) is 17.1. The van der Waals surface area contributed by atoms with Gasteiger partial charge in [-0.2, -0.15) is 0 Å². The number of pyridine rings is 1. The maximum absolute atomic E-state index is 13.6. The Morgan fingerprint density at radius 3 is 2.36 bits per heavy atom. The number of nitrogens with one attached hydrogen (secondary N) is 1. The molecular weight excluding hydrogens is 441 g/mol. The van der Waals surface area contributed by atoms with E-state index >= 15 is 0 Å². The highest BCUT2D eigenvalue weighted by Gasteiger charge is 2.42. The molecule has 1 fully saturated rings. The number of benzene rings is 2. The lowest BCUT2D eigenvalue weighted by Gasteiger charge is -2.29. The van der Waals surface area contributed by atoms with Crippen molar-refractivity contribution in [3.05, 3.63) is 119 Å². The van der Waals surface area contributed by atoms with Crippen LogP contribution in [-0.2, 0) is 0 Å². The molecule has 1 aliphatic heterocycles. The van der Waals surface area contributed by atoms with Crippen molar-refractivity contribution in [3.63, 3.8) is 0 Å². The average Bonchev–Trinajstić information content (AvgIpc) is 3.44. The maximum atomic E-state index is 13.6. The SMILES string of the molecule is O=[N+]([O-])c1ccc(-n2cccc2[C@@H]2[C@H](c3ccccn3)NC(=S)N2c2ccc(F)cc2)cc1. The first kappa shape index (κ1) is 20.8. The summed E-state index contributed by atoms with van der Waals surface area (Å²) in [5.41, 5.74) is 3.25. The summed E-state index contributed by atoms with van der Waals surface area (Å²) in [5, 5.41) is 14.9. The third kappa shape index (κ3) is 3.83. The van der Waals surface area contributed by atoms with Crippen LogP contribution in [0.2, 0.25) is 0 Å². The van der Waals surface area contributed by atoms with E-state index in [0.29, 0.717) is 5.11 Å². The van der Waals surface area contributed by atoms with E-state index in [-0.39, 0.29) is 23.6 Å². The van der Waals surface area contributed by atoms with Gasteiger partial charge in [-0.1, -0.05) is 6.07 Å². The number of non-ortho nitro benzene ring substituents is 1. The van der Waals surface area contributed by atoms with E-state index in [1.165, 1.54) is 24.3 Å². The smallest absolute Gasteiger partial charge is 0.269 e. The fourth-order valence-electron chi connectivity index (χ4n) is 4.14. The predicted octanol–water partition coefficient (Wildman–Crippen LogP) is 5.10. The first-order valence-electron chi connectivity index (χ1n) is 10.2. The first-order chi connectivity index (χ1) is 16.0. The summed E-state index contributed by atoms with van der Waals surface area (Å²) in [6.45, 7) is 0. The van der Waals surface area contributed by atoms with Gasteiger partial charge >= 0.3 is 0 Å². The van der Waals surface area contributed by atoms with E-state index < -0.39 is 4.92 Å². The second kappa shape index (κ2) is 8.44. The topological polar surface area (TPSA) is 76.2 Å². The van der Waals surface area contributed by atoms with Gasteiger partial charge in [0.05, 0.1) is 16.7 Å². The molecule has 0 radical (unpaired) electrons. The van der Waals surface area contributed by atoms with Crippen molar-refractivity contribution in [1.82, 2.24) is 14.9 Å². The number of thiocarbonyl (C=S) groups is 1. The molecule has 9 heteroatoms. The molecule has 2 aromatic heterocycles. The highest BCUT2D eigenvalue weighted by atomic mass is 32.1. The van der Waals surface area contributed by atoms with Crippen LogP contribution in [-0.4, -0.2) is 19.6 Å². The zero-order chi connectivity index (χ0) is 22.9. The Balaban J connectivity index is 1.63. The molecule has 2 atom stereocenters. The molecule has 164 valence electrons. The quantitative estimate of drug-likeness (QED) is 0.254. The van der Waals surface area contributed by atoms with Crippen LogP contribution >= 0.6 is 12.2 Å². The van der Waals surface area contributed by atoms with Gasteiger partial charge in [-0.25, -0.2) is 4.39 Å². The second-order valence-corrected chi connectivity index (χ2v) is 7.94. The molecular formula is C24H18FN5O2S. The van der Waals surface area contributed by atoms with Gasteiger partial charge in [0.2, 0.25) is 0 Å². The molecule has 7 nitrogen and oxygen atoms in total. The highest BCUT2D eigenvalue weighted by Crippen LogP contribution is 2.42. The summed E-state index contributed by atoms with van der Waals surface area (Å²) in [6, 6.07) is 21.6. The van der Waals surface area contributed by atoms with Crippen LogP contribution in [0.4, 0.5) is 15.8 Å². The standard InChI is InChI=1S/C24H18FN5O2S/c25-16-6-8-18(9-7-16)29-23(22(27-24(29)33)20-4-1-2-14-26-20)21-5-3-15-28(21)17-10-12-19(13-11-17)30(31)32/h1-15,22-23H,(H,27,33)/t22-,23+/m0/s1. The van der Waals surface area contributed by atoms with Crippen LogP contribution in [0.25, 0.3) is 5.69 Å². The molecule has 5 rings (SSSR count). The Labute approximate surface area is 194 Å². The van der Waals surface area contributed by atoms with Crippen LogP contribution in [0, 0.1) is 15.9 Å². The van der Waals surface area contributed by atoms with Crippen molar-refractivity contribution < 1.29 is 9.31 Å². The van der Waals surface area contributed by atoms with Gasteiger partial charge in [-0.15, -0.1) is 0 Å². The number of nitrogens with zero attached hydrogens (tertiary/aromatic N) is 4. The molecule has 2 aromatic carbocycles. The van der Waals surface area contributed by atoms with Gasteiger partial charge in [0.25, 0.3) is 5.69 Å². The number of aromatic nitrogens is 2. The van der Waals surface area contributed by atoms with Gasteiger partial charge in [-0.05, 0) is 72.9 Å². The average molecular weight is 460 g/mol. The number of anilines is 1. The van der Waals surface area contributed by atoms with Crippen LogP contribution in [0.15, 0.2) is 91.3 Å². The molecule has 1 saturated heterocycles. The third-order valence-corrected chi connectivity index (χ3v) is 5.94. The van der Waals surface area contributed by atoms with Gasteiger partial charge in [-0.3, -0.25) is 15.1 Å². The van der Waals surface area contributed by atoms with Crippen LogP contribution < -0.4 is 10.2 Å². The minimum Gasteiger partial charge on any atom is -0.351 e. The summed E-state index contributed by atoms with van der Waals surface area (Å²) in [7, 11) is 0. The highest BCUT2D eigenvalue weighted by molar-refractivity contribution is 7.80. The zero-order valence-corrected chi connectivity index (χ0v) is 18.0. The Bertz CT molecular complexity index is 1310. The van der Waals surface area contributed by atoms with Gasteiger partial charge in [0.15, 0.2) is 5.11 Å². The van der Waals surface area contributed by atoms with E-state index in [9.17, 15) is 14.5 Å². The van der Waals surface area contributed by atoms with Crippen molar-refractivity contribution in [2.45, 2.75) is 12.1 Å². The predicted molar refractivity (Wildman–Crippen MR) is 127 cm³/mol. The monoisotopic (exact) mass is 459 g/mol.